The van der Waals surface area contributed by atoms with E-state index in [1.807, 2.05) is 0 Å². The molecule has 0 unspecified atom stereocenters. The minimum atomic E-state index is -3.51. The van der Waals surface area contributed by atoms with Crippen LogP contribution in [-0.2, 0) is 9.84 Å². The number of hydrogen-bond acceptors (Lipinski definition) is 6. The van der Waals surface area contributed by atoms with E-state index in [2.05, 4.69) is 0 Å². The standard InChI is InChI=1S/C12H12N4O3S/c1-20(18,19)11-7-9(6-10(15)8-11)12(17)16(4-2-13)5-3-14/h6-8H,4-5,15H2,1H3. The average molecular weight is 292 g/mol. The van der Waals surface area contributed by atoms with E-state index in [0.29, 0.717) is 0 Å². The fraction of sp³-hybridized carbons (Fsp3) is 0.250. The lowest BCUT2D eigenvalue weighted by Gasteiger charge is -2.16. The summed E-state index contributed by atoms with van der Waals surface area (Å²) in [4.78, 5) is 13.0. The van der Waals surface area contributed by atoms with Crippen molar-refractivity contribution in [1.29, 1.82) is 10.5 Å². The molecule has 0 aliphatic rings. The zero-order chi connectivity index (χ0) is 15.3. The average Bonchev–Trinajstić information content (AvgIpc) is 2.36. The summed E-state index contributed by atoms with van der Waals surface area (Å²) in [7, 11) is -3.51. The van der Waals surface area contributed by atoms with Crippen LogP contribution in [0.4, 0.5) is 5.69 Å². The smallest absolute Gasteiger partial charge is 0.255 e. The summed E-state index contributed by atoms with van der Waals surface area (Å²) < 4.78 is 23.0. The van der Waals surface area contributed by atoms with Crippen molar-refractivity contribution in [2.45, 2.75) is 4.90 Å². The monoisotopic (exact) mass is 292 g/mol. The Labute approximate surface area is 116 Å². The van der Waals surface area contributed by atoms with Gasteiger partial charge in [-0.2, -0.15) is 10.5 Å². The molecule has 0 aromatic heterocycles. The molecular formula is C12H12N4O3S. The summed E-state index contributed by atoms with van der Waals surface area (Å²) >= 11 is 0. The van der Waals surface area contributed by atoms with Crippen LogP contribution in [0, 0.1) is 22.7 Å². The Kier molecular flexibility index (Phi) is 4.68. The maximum absolute atomic E-state index is 12.1. The predicted molar refractivity (Wildman–Crippen MR) is 71.1 cm³/mol. The number of benzene rings is 1. The number of nitrogens with zero attached hydrogens (tertiary/aromatic N) is 3. The van der Waals surface area contributed by atoms with Gasteiger partial charge in [0.15, 0.2) is 9.84 Å². The zero-order valence-electron chi connectivity index (χ0n) is 10.7. The molecule has 8 heteroatoms. The fourth-order valence-electron chi connectivity index (χ4n) is 1.51. The van der Waals surface area contributed by atoms with E-state index in [1.54, 1.807) is 12.1 Å². The van der Waals surface area contributed by atoms with Crippen molar-refractivity contribution in [3.05, 3.63) is 23.8 Å². The van der Waals surface area contributed by atoms with Crippen molar-refractivity contribution in [2.24, 2.45) is 0 Å². The molecule has 0 radical (unpaired) electrons. The Bertz CT molecular complexity index is 697. The van der Waals surface area contributed by atoms with Gasteiger partial charge in [0.2, 0.25) is 0 Å². The van der Waals surface area contributed by atoms with E-state index < -0.39 is 15.7 Å². The van der Waals surface area contributed by atoms with E-state index in [1.165, 1.54) is 18.2 Å². The number of carbonyl (C=O) groups is 1. The first kappa shape index (κ1) is 15.5. The third-order valence-corrected chi connectivity index (χ3v) is 3.51. The number of rotatable bonds is 4. The normalized spacial score (nSPS) is 10.3. The molecule has 7 nitrogen and oxygen atoms in total. The molecule has 2 N–H and O–H groups in total. The number of amides is 1. The summed E-state index contributed by atoms with van der Waals surface area (Å²) in [5, 5.41) is 17.2. The van der Waals surface area contributed by atoms with Gasteiger partial charge in [-0.25, -0.2) is 8.42 Å². The molecule has 0 aliphatic carbocycles. The summed E-state index contributed by atoms with van der Waals surface area (Å²) in [6.07, 6.45) is 0.998. The highest BCUT2D eigenvalue weighted by molar-refractivity contribution is 7.90. The van der Waals surface area contributed by atoms with Gasteiger partial charge in [0, 0.05) is 17.5 Å². The number of nitrogens with two attached hydrogens (primary N) is 1. The SMILES string of the molecule is CS(=O)(=O)c1cc(N)cc(C(=O)N(CC#N)CC#N)c1. The highest BCUT2D eigenvalue weighted by atomic mass is 32.2. The molecule has 1 amide bonds. The molecule has 0 atom stereocenters. The molecule has 20 heavy (non-hydrogen) atoms. The molecule has 0 bridgehead atoms. The summed E-state index contributed by atoms with van der Waals surface area (Å²) in [6, 6.07) is 7.26. The van der Waals surface area contributed by atoms with E-state index in [0.717, 1.165) is 11.2 Å². The second kappa shape index (κ2) is 6.04. The third-order valence-electron chi connectivity index (χ3n) is 2.41. The molecule has 1 aromatic carbocycles. The highest BCUT2D eigenvalue weighted by Gasteiger charge is 2.18. The van der Waals surface area contributed by atoms with Crippen LogP contribution in [0.1, 0.15) is 10.4 Å². The van der Waals surface area contributed by atoms with E-state index >= 15 is 0 Å². The van der Waals surface area contributed by atoms with E-state index in [-0.39, 0.29) is 29.2 Å². The van der Waals surface area contributed by atoms with Gasteiger partial charge in [-0.05, 0) is 18.2 Å². The van der Waals surface area contributed by atoms with Gasteiger partial charge >= 0.3 is 0 Å². The molecule has 104 valence electrons. The van der Waals surface area contributed by atoms with Gasteiger partial charge in [0.05, 0.1) is 17.0 Å². The van der Waals surface area contributed by atoms with E-state index in [9.17, 15) is 13.2 Å². The first-order valence-electron chi connectivity index (χ1n) is 5.43. The summed E-state index contributed by atoms with van der Waals surface area (Å²) in [6.45, 7) is -0.537. The lowest BCUT2D eigenvalue weighted by Crippen LogP contribution is -2.32. The van der Waals surface area contributed by atoms with Crippen molar-refractivity contribution < 1.29 is 13.2 Å². The quantitative estimate of drug-likeness (QED) is 0.622. The van der Waals surface area contributed by atoms with Gasteiger partial charge in [0.25, 0.3) is 5.91 Å². The molecule has 1 rings (SSSR count). The number of sulfone groups is 1. The van der Waals surface area contributed by atoms with Gasteiger partial charge in [-0.15, -0.1) is 0 Å². The zero-order valence-corrected chi connectivity index (χ0v) is 11.5. The Morgan fingerprint density at radius 3 is 2.25 bits per heavy atom. The lowest BCUT2D eigenvalue weighted by molar-refractivity contribution is 0.0794. The molecule has 0 spiro atoms. The molecule has 0 fully saturated rings. The van der Waals surface area contributed by atoms with Crippen LogP contribution >= 0.6 is 0 Å². The molecule has 0 saturated carbocycles. The number of anilines is 1. The Morgan fingerprint density at radius 1 is 1.25 bits per heavy atom. The second-order valence-electron chi connectivity index (χ2n) is 4.04. The molecule has 0 heterocycles. The summed E-state index contributed by atoms with van der Waals surface area (Å²) in [5.41, 5.74) is 5.72. The Morgan fingerprint density at radius 2 is 1.80 bits per heavy atom. The molecule has 0 saturated heterocycles. The van der Waals surface area contributed by atoms with Crippen LogP contribution in [0.3, 0.4) is 0 Å². The van der Waals surface area contributed by atoms with Crippen LogP contribution in [0.2, 0.25) is 0 Å². The summed E-state index contributed by atoms with van der Waals surface area (Å²) in [5.74, 6) is -0.620. The van der Waals surface area contributed by atoms with Crippen LogP contribution in [0.5, 0.6) is 0 Å². The van der Waals surface area contributed by atoms with Crippen LogP contribution < -0.4 is 5.73 Å². The number of nitriles is 2. The Hall–Kier alpha value is -2.58. The lowest BCUT2D eigenvalue weighted by atomic mass is 10.1. The van der Waals surface area contributed by atoms with Crippen molar-refractivity contribution in [2.75, 3.05) is 25.1 Å². The number of hydrogen-bond donors (Lipinski definition) is 1. The van der Waals surface area contributed by atoms with Gasteiger partial charge in [-0.1, -0.05) is 0 Å². The Balaban J connectivity index is 3.26. The minimum absolute atomic E-state index is 0.0240. The van der Waals surface area contributed by atoms with Crippen molar-refractivity contribution in [1.82, 2.24) is 4.90 Å². The molecular weight excluding hydrogens is 280 g/mol. The molecule has 1 aromatic rings. The highest BCUT2D eigenvalue weighted by Crippen LogP contribution is 2.18. The second-order valence-corrected chi connectivity index (χ2v) is 6.06. The maximum Gasteiger partial charge on any atom is 0.255 e. The topological polar surface area (TPSA) is 128 Å². The van der Waals surface area contributed by atoms with Crippen molar-refractivity contribution in [3.63, 3.8) is 0 Å². The van der Waals surface area contributed by atoms with E-state index in [4.69, 9.17) is 16.3 Å². The minimum Gasteiger partial charge on any atom is -0.399 e. The van der Waals surface area contributed by atoms with Gasteiger partial charge in [0.1, 0.15) is 13.1 Å². The third kappa shape index (κ3) is 3.70. The van der Waals surface area contributed by atoms with Crippen molar-refractivity contribution >= 4 is 21.4 Å². The van der Waals surface area contributed by atoms with Crippen LogP contribution in [-0.4, -0.2) is 38.6 Å². The first-order chi connectivity index (χ1) is 9.29. The van der Waals surface area contributed by atoms with Crippen LogP contribution in [0.15, 0.2) is 23.1 Å². The number of nitrogen functional groups attached to an aromatic ring is 1. The first-order valence-corrected chi connectivity index (χ1v) is 7.32. The number of carbonyl (C=O) groups excluding carboxylic acids is 1. The maximum atomic E-state index is 12.1. The van der Waals surface area contributed by atoms with Gasteiger partial charge in [-0.3, -0.25) is 4.79 Å². The fourth-order valence-corrected chi connectivity index (χ4v) is 2.20. The van der Waals surface area contributed by atoms with Crippen LogP contribution in [0.25, 0.3) is 0 Å². The molecule has 0 aliphatic heterocycles. The largest absolute Gasteiger partial charge is 0.399 e. The van der Waals surface area contributed by atoms with Crippen molar-refractivity contribution in [3.8, 4) is 12.1 Å². The van der Waals surface area contributed by atoms with Gasteiger partial charge < -0.3 is 10.6 Å². The predicted octanol–water partition coefficient (Wildman–Crippen LogP) is 0.162.